The van der Waals surface area contributed by atoms with E-state index in [4.69, 9.17) is 5.26 Å². The van der Waals surface area contributed by atoms with Crippen LogP contribution < -0.4 is 4.72 Å². The fraction of sp³-hybridized carbons (Fsp3) is 0.500. The summed E-state index contributed by atoms with van der Waals surface area (Å²) in [5.41, 5.74) is 0.129. The van der Waals surface area contributed by atoms with Crippen molar-refractivity contribution in [3.63, 3.8) is 0 Å². The molecule has 1 fully saturated rings. The lowest BCUT2D eigenvalue weighted by molar-refractivity contribution is 0.0724. The number of hydrogen-bond donors (Lipinski definition) is 2. The number of benzene rings is 1. The second-order valence-corrected chi connectivity index (χ2v) is 6.81. The van der Waals surface area contributed by atoms with Crippen LogP contribution in [0.3, 0.4) is 0 Å². The first-order valence-corrected chi connectivity index (χ1v) is 8.20. The van der Waals surface area contributed by atoms with Crippen molar-refractivity contribution >= 4 is 10.0 Å². The first-order chi connectivity index (χ1) is 9.54. The van der Waals surface area contributed by atoms with Crippen molar-refractivity contribution in [3.8, 4) is 6.07 Å². The normalized spacial score (nSPS) is 23.2. The minimum atomic E-state index is -3.71. The molecule has 0 bridgehead atoms. The van der Waals surface area contributed by atoms with Crippen LogP contribution in [0.25, 0.3) is 0 Å². The number of hydrogen-bond acceptors (Lipinski definition) is 4. The number of rotatable bonds is 4. The fourth-order valence-corrected chi connectivity index (χ4v) is 3.76. The summed E-state index contributed by atoms with van der Waals surface area (Å²) in [5, 5.41) is 18.8. The van der Waals surface area contributed by atoms with E-state index in [0.29, 0.717) is 0 Å². The molecule has 0 saturated heterocycles. The molecule has 6 heteroatoms. The molecule has 1 saturated carbocycles. The Bertz CT molecular complexity index is 607. The van der Waals surface area contributed by atoms with E-state index >= 15 is 0 Å². The van der Waals surface area contributed by atoms with Crippen molar-refractivity contribution in [2.45, 2.75) is 36.7 Å². The molecule has 0 radical (unpaired) electrons. The lowest BCUT2D eigenvalue weighted by Crippen LogP contribution is -2.36. The van der Waals surface area contributed by atoms with Gasteiger partial charge in [0.2, 0.25) is 10.0 Å². The Kier molecular flexibility index (Phi) is 4.76. The predicted octanol–water partition coefficient (Wildman–Crippen LogP) is 1.39. The summed E-state index contributed by atoms with van der Waals surface area (Å²) in [4.78, 5) is -0.00667. The third kappa shape index (κ3) is 3.37. The highest BCUT2D eigenvalue weighted by Crippen LogP contribution is 2.24. The van der Waals surface area contributed by atoms with E-state index in [2.05, 4.69) is 4.72 Å². The van der Waals surface area contributed by atoms with Gasteiger partial charge in [0.25, 0.3) is 0 Å². The molecule has 1 aromatic rings. The second-order valence-electron chi connectivity index (χ2n) is 5.07. The Morgan fingerprint density at radius 3 is 2.70 bits per heavy atom. The first kappa shape index (κ1) is 15.0. The third-order valence-corrected chi connectivity index (χ3v) is 5.18. The Hall–Kier alpha value is -1.42. The van der Waals surface area contributed by atoms with Gasteiger partial charge in [0.1, 0.15) is 6.07 Å². The average Bonchev–Trinajstić information content (AvgIpc) is 2.46. The van der Waals surface area contributed by atoms with Crippen molar-refractivity contribution in [3.05, 3.63) is 29.8 Å². The summed E-state index contributed by atoms with van der Waals surface area (Å²) >= 11 is 0. The molecular weight excluding hydrogens is 276 g/mol. The van der Waals surface area contributed by atoms with Crippen LogP contribution in [-0.2, 0) is 10.0 Å². The second kappa shape index (κ2) is 6.35. The SMILES string of the molecule is N#Cc1ccccc1S(=O)(=O)NCC1CCCCC1O. The molecule has 20 heavy (non-hydrogen) atoms. The van der Waals surface area contributed by atoms with Crippen molar-refractivity contribution in [1.82, 2.24) is 4.72 Å². The van der Waals surface area contributed by atoms with Crippen molar-refractivity contribution in [1.29, 1.82) is 5.26 Å². The molecular formula is C14H18N2O3S. The van der Waals surface area contributed by atoms with Gasteiger partial charge in [-0.05, 0) is 30.9 Å². The number of nitriles is 1. The van der Waals surface area contributed by atoms with Crippen LogP contribution in [0.5, 0.6) is 0 Å². The van der Waals surface area contributed by atoms with Crippen LogP contribution in [-0.4, -0.2) is 26.2 Å². The summed E-state index contributed by atoms with van der Waals surface area (Å²) in [6, 6.07) is 7.99. The molecule has 0 spiro atoms. The highest BCUT2D eigenvalue weighted by molar-refractivity contribution is 7.89. The number of sulfonamides is 1. The van der Waals surface area contributed by atoms with Gasteiger partial charge in [-0.15, -0.1) is 0 Å². The first-order valence-electron chi connectivity index (χ1n) is 6.71. The summed E-state index contributed by atoms with van der Waals surface area (Å²) in [6.07, 6.45) is 3.10. The Balaban J connectivity index is 2.10. The predicted molar refractivity (Wildman–Crippen MR) is 74.3 cm³/mol. The topological polar surface area (TPSA) is 90.2 Å². The summed E-state index contributed by atoms with van der Waals surface area (Å²) in [5.74, 6) is -0.0484. The van der Waals surface area contributed by atoms with Crippen LogP contribution in [0.1, 0.15) is 31.2 Å². The van der Waals surface area contributed by atoms with Crippen LogP contribution in [0.15, 0.2) is 29.2 Å². The molecule has 1 aliphatic carbocycles. The number of nitrogens with zero attached hydrogens (tertiary/aromatic N) is 1. The van der Waals surface area contributed by atoms with Gasteiger partial charge < -0.3 is 5.11 Å². The standard InChI is InChI=1S/C14H18N2O3S/c15-9-11-5-2-4-8-14(11)20(18,19)16-10-12-6-1-3-7-13(12)17/h2,4-5,8,12-13,16-17H,1,3,6-7,10H2. The highest BCUT2D eigenvalue weighted by Gasteiger charge is 2.26. The molecule has 1 aromatic carbocycles. The molecule has 2 atom stereocenters. The Labute approximate surface area is 119 Å². The van der Waals surface area contributed by atoms with Crippen molar-refractivity contribution < 1.29 is 13.5 Å². The quantitative estimate of drug-likeness (QED) is 0.878. The van der Waals surface area contributed by atoms with Crippen LogP contribution in [0.2, 0.25) is 0 Å². The van der Waals surface area contributed by atoms with E-state index in [1.165, 1.54) is 12.1 Å². The summed E-state index contributed by atoms with van der Waals surface area (Å²) < 4.78 is 26.9. The average molecular weight is 294 g/mol. The monoisotopic (exact) mass is 294 g/mol. The van der Waals surface area contributed by atoms with E-state index in [9.17, 15) is 13.5 Å². The summed E-state index contributed by atoms with van der Waals surface area (Å²) in [6.45, 7) is 0.212. The van der Waals surface area contributed by atoms with E-state index in [1.807, 2.05) is 6.07 Å². The van der Waals surface area contributed by atoms with Crippen molar-refractivity contribution in [2.75, 3.05) is 6.54 Å². The zero-order valence-corrected chi connectivity index (χ0v) is 11.9. The van der Waals surface area contributed by atoms with Gasteiger partial charge in [-0.1, -0.05) is 25.0 Å². The fourth-order valence-electron chi connectivity index (χ4n) is 2.51. The molecule has 2 unspecified atom stereocenters. The minimum Gasteiger partial charge on any atom is -0.393 e. The molecule has 108 valence electrons. The maximum Gasteiger partial charge on any atom is 0.241 e. The zero-order valence-electron chi connectivity index (χ0n) is 11.1. The molecule has 0 heterocycles. The molecule has 1 aliphatic rings. The van der Waals surface area contributed by atoms with Gasteiger partial charge in [0, 0.05) is 6.54 Å². The molecule has 5 nitrogen and oxygen atoms in total. The van der Waals surface area contributed by atoms with Crippen molar-refractivity contribution in [2.24, 2.45) is 5.92 Å². The van der Waals surface area contributed by atoms with Gasteiger partial charge >= 0.3 is 0 Å². The largest absolute Gasteiger partial charge is 0.393 e. The Morgan fingerprint density at radius 1 is 1.30 bits per heavy atom. The zero-order chi connectivity index (χ0) is 14.6. The van der Waals surface area contributed by atoms with Crippen LogP contribution in [0.4, 0.5) is 0 Å². The van der Waals surface area contributed by atoms with E-state index in [1.54, 1.807) is 12.1 Å². The molecule has 0 aliphatic heterocycles. The smallest absolute Gasteiger partial charge is 0.241 e. The number of nitrogens with one attached hydrogen (secondary N) is 1. The van der Waals surface area contributed by atoms with Gasteiger partial charge in [-0.3, -0.25) is 0 Å². The summed E-state index contributed by atoms with van der Waals surface area (Å²) in [7, 11) is -3.71. The lowest BCUT2D eigenvalue weighted by Gasteiger charge is -2.27. The van der Waals surface area contributed by atoms with Gasteiger partial charge in [0.05, 0.1) is 16.6 Å². The molecule has 0 amide bonds. The van der Waals surface area contributed by atoms with Gasteiger partial charge in [-0.2, -0.15) is 5.26 Å². The maximum absolute atomic E-state index is 12.2. The molecule has 2 rings (SSSR count). The molecule has 2 N–H and O–H groups in total. The lowest BCUT2D eigenvalue weighted by atomic mass is 9.87. The highest BCUT2D eigenvalue weighted by atomic mass is 32.2. The van der Waals surface area contributed by atoms with Gasteiger partial charge in [-0.25, -0.2) is 13.1 Å². The van der Waals surface area contributed by atoms with E-state index in [0.717, 1.165) is 25.7 Å². The van der Waals surface area contributed by atoms with E-state index in [-0.39, 0.29) is 22.9 Å². The van der Waals surface area contributed by atoms with Gasteiger partial charge in [0.15, 0.2) is 0 Å². The maximum atomic E-state index is 12.2. The number of aliphatic hydroxyl groups excluding tert-OH is 1. The van der Waals surface area contributed by atoms with E-state index < -0.39 is 16.1 Å². The van der Waals surface area contributed by atoms with Crippen LogP contribution >= 0.6 is 0 Å². The Morgan fingerprint density at radius 2 is 2.00 bits per heavy atom. The minimum absolute atomic E-state index is 0.00667. The van der Waals surface area contributed by atoms with Crippen LogP contribution in [0, 0.1) is 17.2 Å². The number of aliphatic hydroxyl groups is 1. The third-order valence-electron chi connectivity index (χ3n) is 3.70. The molecule has 0 aromatic heterocycles.